The van der Waals surface area contributed by atoms with E-state index in [-0.39, 0.29) is 0 Å². The highest BCUT2D eigenvalue weighted by Crippen LogP contribution is 2.51. The Kier molecular flexibility index (Phi) is 1.83. The van der Waals surface area contributed by atoms with Crippen LogP contribution in [0.5, 0.6) is 0 Å². The molecule has 2 nitrogen and oxygen atoms in total. The lowest BCUT2D eigenvalue weighted by Crippen LogP contribution is -2.27. The van der Waals surface area contributed by atoms with E-state index < -0.39 is 0 Å². The van der Waals surface area contributed by atoms with Crippen LogP contribution in [0.3, 0.4) is 0 Å². The Balaban J connectivity index is 1.91. The van der Waals surface area contributed by atoms with Crippen LogP contribution < -0.4 is 5.32 Å². The summed E-state index contributed by atoms with van der Waals surface area (Å²) in [7, 11) is 0. The van der Waals surface area contributed by atoms with Crippen LogP contribution in [0.4, 0.5) is 0 Å². The lowest BCUT2D eigenvalue weighted by atomic mass is 9.91. The van der Waals surface area contributed by atoms with Crippen molar-refractivity contribution in [3.8, 4) is 0 Å². The minimum absolute atomic E-state index is 0.426. The first kappa shape index (κ1) is 8.69. The Morgan fingerprint density at radius 1 is 1.43 bits per heavy atom. The molecular weight excluding hydrogens is 196 g/mol. The van der Waals surface area contributed by atoms with Crippen LogP contribution in [-0.2, 0) is 0 Å². The highest BCUT2D eigenvalue weighted by molar-refractivity contribution is 6.29. The minimum Gasteiger partial charge on any atom is -0.311 e. The summed E-state index contributed by atoms with van der Waals surface area (Å²) < 4.78 is 0. The number of aromatic nitrogens is 1. The Morgan fingerprint density at radius 3 is 2.93 bits per heavy atom. The molecule has 1 spiro atoms. The number of nitrogens with one attached hydrogen (secondary N) is 1. The largest absolute Gasteiger partial charge is 0.311 e. The van der Waals surface area contributed by atoms with Crippen LogP contribution in [0.1, 0.15) is 30.7 Å². The van der Waals surface area contributed by atoms with E-state index >= 15 is 0 Å². The van der Waals surface area contributed by atoms with Gasteiger partial charge in [-0.05, 0) is 37.4 Å². The maximum atomic E-state index is 5.78. The Labute approximate surface area is 88.7 Å². The van der Waals surface area contributed by atoms with Gasteiger partial charge >= 0.3 is 0 Å². The van der Waals surface area contributed by atoms with Gasteiger partial charge in [0.05, 0.1) is 0 Å². The van der Waals surface area contributed by atoms with Crippen molar-refractivity contribution < 1.29 is 0 Å². The van der Waals surface area contributed by atoms with Crippen LogP contribution in [0, 0.1) is 0 Å². The molecule has 3 heteroatoms. The molecule has 1 saturated carbocycles. The van der Waals surface area contributed by atoms with Crippen molar-refractivity contribution in [3.05, 3.63) is 29.0 Å². The molecule has 1 aromatic heterocycles. The molecule has 1 aromatic rings. The van der Waals surface area contributed by atoms with Crippen molar-refractivity contribution in [2.45, 2.75) is 30.7 Å². The second kappa shape index (κ2) is 2.94. The summed E-state index contributed by atoms with van der Waals surface area (Å²) in [5.41, 5.74) is 1.77. The van der Waals surface area contributed by atoms with E-state index in [1.165, 1.54) is 24.8 Å². The maximum Gasteiger partial charge on any atom is 0.129 e. The number of hydrogen-bond donors (Lipinski definition) is 1. The second-order valence-electron chi connectivity index (χ2n) is 4.34. The third kappa shape index (κ3) is 1.25. The average Bonchev–Trinajstić information content (AvgIpc) is 2.82. The van der Waals surface area contributed by atoms with Crippen molar-refractivity contribution in [3.63, 3.8) is 0 Å². The van der Waals surface area contributed by atoms with Gasteiger partial charge < -0.3 is 5.32 Å². The topological polar surface area (TPSA) is 24.9 Å². The molecule has 1 unspecified atom stereocenters. The molecule has 3 rings (SSSR count). The quantitative estimate of drug-likeness (QED) is 0.717. The predicted molar refractivity (Wildman–Crippen MR) is 56.6 cm³/mol. The number of pyridine rings is 1. The van der Waals surface area contributed by atoms with E-state index in [0.29, 0.717) is 16.6 Å². The van der Waals surface area contributed by atoms with Crippen LogP contribution in [0.15, 0.2) is 18.3 Å². The molecule has 0 amide bonds. The molecule has 1 atom stereocenters. The van der Waals surface area contributed by atoms with Gasteiger partial charge in [-0.15, -0.1) is 0 Å². The van der Waals surface area contributed by atoms with Gasteiger partial charge in [-0.3, -0.25) is 0 Å². The molecule has 74 valence electrons. The van der Waals surface area contributed by atoms with Gasteiger partial charge in [-0.25, -0.2) is 4.98 Å². The van der Waals surface area contributed by atoms with E-state index in [9.17, 15) is 0 Å². The predicted octanol–water partition coefficient (Wildman–Crippen LogP) is 2.34. The van der Waals surface area contributed by atoms with E-state index in [2.05, 4.69) is 16.4 Å². The van der Waals surface area contributed by atoms with Gasteiger partial charge in [0.2, 0.25) is 0 Å². The standard InChI is InChI=1S/C11H13ClN2/c12-10-2-1-8(7-13-10)9-3-6-14-11(9)4-5-11/h1-2,7,9,14H,3-6H2. The number of nitrogens with zero attached hydrogens (tertiary/aromatic N) is 1. The number of rotatable bonds is 1. The van der Waals surface area contributed by atoms with E-state index in [1.807, 2.05) is 12.3 Å². The summed E-state index contributed by atoms with van der Waals surface area (Å²) in [6, 6.07) is 4.01. The summed E-state index contributed by atoms with van der Waals surface area (Å²) in [6.07, 6.45) is 5.81. The first-order valence-electron chi connectivity index (χ1n) is 5.17. The minimum atomic E-state index is 0.426. The van der Waals surface area contributed by atoms with E-state index in [0.717, 1.165) is 6.54 Å². The van der Waals surface area contributed by atoms with Gasteiger partial charge in [-0.2, -0.15) is 0 Å². The zero-order chi connectivity index (χ0) is 9.60. The third-order valence-corrected chi connectivity index (χ3v) is 3.74. The number of hydrogen-bond acceptors (Lipinski definition) is 2. The molecule has 1 aliphatic carbocycles. The molecule has 1 saturated heterocycles. The van der Waals surface area contributed by atoms with Gasteiger partial charge in [0.25, 0.3) is 0 Å². The lowest BCUT2D eigenvalue weighted by Gasteiger charge is -2.18. The smallest absolute Gasteiger partial charge is 0.129 e. The fraction of sp³-hybridized carbons (Fsp3) is 0.545. The normalized spacial score (nSPS) is 28.2. The molecule has 1 aliphatic heterocycles. The van der Waals surface area contributed by atoms with E-state index in [1.54, 1.807) is 0 Å². The zero-order valence-corrected chi connectivity index (χ0v) is 8.72. The van der Waals surface area contributed by atoms with Gasteiger partial charge in [0, 0.05) is 17.7 Å². The monoisotopic (exact) mass is 208 g/mol. The fourth-order valence-electron chi connectivity index (χ4n) is 2.60. The molecule has 2 aliphatic rings. The molecule has 1 N–H and O–H groups in total. The Morgan fingerprint density at radius 2 is 2.29 bits per heavy atom. The highest BCUT2D eigenvalue weighted by Gasteiger charge is 2.52. The average molecular weight is 209 g/mol. The van der Waals surface area contributed by atoms with Crippen LogP contribution >= 0.6 is 11.6 Å². The molecule has 14 heavy (non-hydrogen) atoms. The van der Waals surface area contributed by atoms with Crippen molar-refractivity contribution in [1.82, 2.24) is 10.3 Å². The Bertz CT molecular complexity index is 343. The maximum absolute atomic E-state index is 5.78. The van der Waals surface area contributed by atoms with Gasteiger partial charge in [-0.1, -0.05) is 17.7 Å². The molecule has 2 heterocycles. The van der Waals surface area contributed by atoms with Crippen molar-refractivity contribution in [2.24, 2.45) is 0 Å². The summed E-state index contributed by atoms with van der Waals surface area (Å²) in [5.74, 6) is 0.660. The molecule has 0 radical (unpaired) electrons. The molecule has 0 aromatic carbocycles. The van der Waals surface area contributed by atoms with Gasteiger partial charge in [0.1, 0.15) is 5.15 Å². The lowest BCUT2D eigenvalue weighted by molar-refractivity contribution is 0.534. The highest BCUT2D eigenvalue weighted by atomic mass is 35.5. The summed E-state index contributed by atoms with van der Waals surface area (Å²) in [5, 5.41) is 4.20. The second-order valence-corrected chi connectivity index (χ2v) is 4.73. The fourth-order valence-corrected chi connectivity index (χ4v) is 2.72. The van der Waals surface area contributed by atoms with Crippen molar-refractivity contribution >= 4 is 11.6 Å². The number of halogens is 1. The molecule has 0 bridgehead atoms. The molecule has 2 fully saturated rings. The van der Waals surface area contributed by atoms with Crippen molar-refractivity contribution in [2.75, 3.05) is 6.54 Å². The van der Waals surface area contributed by atoms with Crippen LogP contribution in [0.25, 0.3) is 0 Å². The Hall–Kier alpha value is -0.600. The SMILES string of the molecule is Clc1ccc(C2CCNC23CC3)cn1. The molecular formula is C11H13ClN2. The zero-order valence-electron chi connectivity index (χ0n) is 7.96. The summed E-state index contributed by atoms with van der Waals surface area (Å²) >= 11 is 5.78. The van der Waals surface area contributed by atoms with Crippen LogP contribution in [0.2, 0.25) is 5.15 Å². The first-order valence-corrected chi connectivity index (χ1v) is 5.54. The first-order chi connectivity index (χ1) is 6.80. The summed E-state index contributed by atoms with van der Waals surface area (Å²) in [6.45, 7) is 1.15. The summed E-state index contributed by atoms with van der Waals surface area (Å²) in [4.78, 5) is 4.15. The van der Waals surface area contributed by atoms with Gasteiger partial charge in [0.15, 0.2) is 0 Å². The third-order valence-electron chi connectivity index (χ3n) is 3.52. The van der Waals surface area contributed by atoms with Crippen LogP contribution in [-0.4, -0.2) is 17.1 Å². The van der Waals surface area contributed by atoms with Crippen molar-refractivity contribution in [1.29, 1.82) is 0 Å². The van der Waals surface area contributed by atoms with E-state index in [4.69, 9.17) is 11.6 Å².